The first-order valence-corrected chi connectivity index (χ1v) is 5.33. The number of nitrogens with one attached hydrogen (secondary N) is 2. The van der Waals surface area contributed by atoms with E-state index in [1.165, 1.54) is 0 Å². The summed E-state index contributed by atoms with van der Waals surface area (Å²) in [7, 11) is 0. The number of carboxylic acid groups (broad SMARTS) is 2. The van der Waals surface area contributed by atoms with E-state index < -0.39 is 36.4 Å². The maximum atomic E-state index is 10.8. The first kappa shape index (κ1) is 16.3. The van der Waals surface area contributed by atoms with Crippen LogP contribution in [-0.4, -0.2) is 46.7 Å². The summed E-state index contributed by atoms with van der Waals surface area (Å²) in [5.74, 6) is -3.24. The van der Waals surface area contributed by atoms with Gasteiger partial charge in [0.2, 0.25) is 5.91 Å². The van der Waals surface area contributed by atoms with Crippen molar-refractivity contribution in [1.29, 1.82) is 0 Å². The summed E-state index contributed by atoms with van der Waals surface area (Å²) in [6, 6.07) is -2.26. The van der Waals surface area contributed by atoms with Crippen molar-refractivity contribution in [3.63, 3.8) is 0 Å². The molecule has 0 aliphatic carbocycles. The maximum absolute atomic E-state index is 10.8. The number of hydrazine groups is 1. The van der Waals surface area contributed by atoms with Crippen LogP contribution in [0.15, 0.2) is 0 Å². The number of hydrogen-bond acceptors (Lipinski definition) is 6. The van der Waals surface area contributed by atoms with Crippen LogP contribution >= 0.6 is 0 Å². The molecule has 0 aromatic heterocycles. The summed E-state index contributed by atoms with van der Waals surface area (Å²) in [4.78, 5) is 32.2. The molecule has 2 atom stereocenters. The Bertz CT molecular complexity index is 309. The van der Waals surface area contributed by atoms with Crippen molar-refractivity contribution in [1.82, 2.24) is 10.9 Å². The predicted octanol–water partition coefficient (Wildman–Crippen LogP) is -2.40. The van der Waals surface area contributed by atoms with Gasteiger partial charge in [0.1, 0.15) is 12.1 Å². The summed E-state index contributed by atoms with van der Waals surface area (Å²) < 4.78 is 0. The smallest absolute Gasteiger partial charge is 0.322 e. The lowest BCUT2D eigenvalue weighted by Crippen LogP contribution is -2.53. The Morgan fingerprint density at radius 3 is 1.94 bits per heavy atom. The Hall–Kier alpha value is -1.71. The molecule has 0 rings (SSSR count). The van der Waals surface area contributed by atoms with Crippen LogP contribution < -0.4 is 22.3 Å². The molecule has 8 N–H and O–H groups in total. The molecule has 0 aliphatic heterocycles. The van der Waals surface area contributed by atoms with Gasteiger partial charge in [-0.05, 0) is 19.4 Å². The van der Waals surface area contributed by atoms with Gasteiger partial charge >= 0.3 is 11.9 Å². The van der Waals surface area contributed by atoms with Crippen molar-refractivity contribution < 1.29 is 24.6 Å². The van der Waals surface area contributed by atoms with Crippen LogP contribution in [0.3, 0.4) is 0 Å². The molecular weight excluding hydrogens is 244 g/mol. The lowest BCUT2D eigenvalue weighted by atomic mass is 10.1. The average Bonchev–Trinajstić information content (AvgIpc) is 2.26. The van der Waals surface area contributed by atoms with E-state index in [1.54, 1.807) is 0 Å². The van der Waals surface area contributed by atoms with E-state index in [9.17, 15) is 14.4 Å². The van der Waals surface area contributed by atoms with Crippen LogP contribution in [-0.2, 0) is 14.4 Å². The fourth-order valence-corrected chi connectivity index (χ4v) is 1.18. The van der Waals surface area contributed by atoms with Gasteiger partial charge in [-0.2, -0.15) is 0 Å². The van der Waals surface area contributed by atoms with E-state index in [4.69, 9.17) is 21.7 Å². The van der Waals surface area contributed by atoms with Crippen LogP contribution in [0.2, 0.25) is 0 Å². The van der Waals surface area contributed by atoms with Crippen LogP contribution in [0.25, 0.3) is 0 Å². The number of carbonyl (C=O) groups is 3. The molecule has 0 aliphatic rings. The topological polar surface area (TPSA) is 168 Å². The van der Waals surface area contributed by atoms with Crippen molar-refractivity contribution in [2.24, 2.45) is 11.5 Å². The second kappa shape index (κ2) is 8.39. The number of amides is 1. The molecule has 0 fully saturated rings. The third kappa shape index (κ3) is 6.78. The molecule has 0 spiro atoms. The van der Waals surface area contributed by atoms with Crippen LogP contribution in [0.4, 0.5) is 0 Å². The minimum atomic E-state index is -1.30. The van der Waals surface area contributed by atoms with Crippen molar-refractivity contribution in [2.45, 2.75) is 31.3 Å². The van der Waals surface area contributed by atoms with Gasteiger partial charge in [-0.15, -0.1) is 0 Å². The molecule has 0 saturated heterocycles. The van der Waals surface area contributed by atoms with E-state index in [-0.39, 0.29) is 6.42 Å². The number of rotatable bonds is 10. The first-order chi connectivity index (χ1) is 8.38. The summed E-state index contributed by atoms with van der Waals surface area (Å²) in [6.07, 6.45) is 0.270. The molecular formula is C9H18N4O5. The Balaban J connectivity index is 4.31. The normalized spacial score (nSPS) is 13.8. The highest BCUT2D eigenvalue weighted by molar-refractivity contribution is 5.83. The Morgan fingerprint density at radius 2 is 1.56 bits per heavy atom. The molecule has 9 heteroatoms. The molecule has 9 nitrogen and oxygen atoms in total. The van der Waals surface area contributed by atoms with Crippen LogP contribution in [0.5, 0.6) is 0 Å². The van der Waals surface area contributed by atoms with Gasteiger partial charge in [0.05, 0.1) is 6.42 Å². The molecule has 0 heterocycles. The Labute approximate surface area is 103 Å². The fourth-order valence-electron chi connectivity index (χ4n) is 1.18. The second-order valence-electron chi connectivity index (χ2n) is 3.67. The van der Waals surface area contributed by atoms with E-state index in [1.807, 2.05) is 0 Å². The Morgan fingerprint density at radius 1 is 1.06 bits per heavy atom. The number of aliphatic carboxylic acids is 2. The Kier molecular flexibility index (Phi) is 7.59. The molecule has 0 radical (unpaired) electrons. The monoisotopic (exact) mass is 262 g/mol. The molecule has 1 amide bonds. The minimum absolute atomic E-state index is 0.238. The highest BCUT2D eigenvalue weighted by Gasteiger charge is 2.23. The summed E-state index contributed by atoms with van der Waals surface area (Å²) in [5, 5.41) is 17.6. The third-order valence-corrected chi connectivity index (χ3v) is 2.13. The standard InChI is InChI=1S/C9H18N4O5/c10-3-1-2-5(8(15)16)12-13-6(9(17)18)4-7(11)14/h5-6,12-13H,1-4,10H2,(H2,11,14)(H,15,16)(H,17,18)/t5-,6-/m0/s1. The highest BCUT2D eigenvalue weighted by Crippen LogP contribution is 1.97. The van der Waals surface area contributed by atoms with Crippen LogP contribution in [0.1, 0.15) is 19.3 Å². The number of hydrogen-bond donors (Lipinski definition) is 6. The molecule has 0 aromatic carbocycles. The van der Waals surface area contributed by atoms with Gasteiger partial charge in [-0.1, -0.05) is 0 Å². The first-order valence-electron chi connectivity index (χ1n) is 5.33. The molecule has 0 saturated carbocycles. The van der Waals surface area contributed by atoms with Gasteiger partial charge in [0.15, 0.2) is 0 Å². The van der Waals surface area contributed by atoms with Gasteiger partial charge in [0.25, 0.3) is 0 Å². The quantitative estimate of drug-likeness (QED) is 0.237. The molecule has 0 aromatic rings. The summed E-state index contributed by atoms with van der Waals surface area (Å²) in [5.41, 5.74) is 14.7. The summed E-state index contributed by atoms with van der Waals surface area (Å²) >= 11 is 0. The van der Waals surface area contributed by atoms with Gasteiger partial charge < -0.3 is 21.7 Å². The number of nitrogens with two attached hydrogens (primary N) is 2. The lowest BCUT2D eigenvalue weighted by Gasteiger charge is -2.18. The maximum Gasteiger partial charge on any atom is 0.322 e. The van der Waals surface area contributed by atoms with E-state index in [0.29, 0.717) is 13.0 Å². The van der Waals surface area contributed by atoms with Crippen molar-refractivity contribution >= 4 is 17.8 Å². The zero-order valence-electron chi connectivity index (χ0n) is 9.76. The zero-order chi connectivity index (χ0) is 14.1. The van der Waals surface area contributed by atoms with Gasteiger partial charge in [-0.25, -0.2) is 10.9 Å². The average molecular weight is 262 g/mol. The van der Waals surface area contributed by atoms with Gasteiger partial charge in [-0.3, -0.25) is 14.4 Å². The molecule has 18 heavy (non-hydrogen) atoms. The molecule has 0 unspecified atom stereocenters. The zero-order valence-corrected chi connectivity index (χ0v) is 9.76. The summed E-state index contributed by atoms with van der Waals surface area (Å²) in [6.45, 7) is 0.328. The number of carbonyl (C=O) groups excluding carboxylic acids is 1. The SMILES string of the molecule is NCCC[C@H](NN[C@@H](CC(N)=O)C(=O)O)C(=O)O. The fraction of sp³-hybridized carbons (Fsp3) is 0.667. The largest absolute Gasteiger partial charge is 0.480 e. The minimum Gasteiger partial charge on any atom is -0.480 e. The van der Waals surface area contributed by atoms with Crippen molar-refractivity contribution in [2.75, 3.05) is 6.54 Å². The van der Waals surface area contributed by atoms with Crippen molar-refractivity contribution in [3.05, 3.63) is 0 Å². The van der Waals surface area contributed by atoms with Crippen molar-refractivity contribution in [3.8, 4) is 0 Å². The predicted molar refractivity (Wildman–Crippen MR) is 61.2 cm³/mol. The third-order valence-electron chi connectivity index (χ3n) is 2.13. The van der Waals surface area contributed by atoms with E-state index in [0.717, 1.165) is 0 Å². The molecule has 104 valence electrons. The van der Waals surface area contributed by atoms with Gasteiger partial charge in [0, 0.05) is 0 Å². The van der Waals surface area contributed by atoms with E-state index >= 15 is 0 Å². The lowest BCUT2D eigenvalue weighted by molar-refractivity contribution is -0.144. The number of carboxylic acids is 2. The van der Waals surface area contributed by atoms with E-state index in [2.05, 4.69) is 10.9 Å². The highest BCUT2D eigenvalue weighted by atomic mass is 16.4. The van der Waals surface area contributed by atoms with Crippen LogP contribution in [0, 0.1) is 0 Å². The number of primary amides is 1. The molecule has 0 bridgehead atoms. The second-order valence-corrected chi connectivity index (χ2v) is 3.67.